The smallest absolute Gasteiger partial charge is 0.407 e. The molecular formula is C32H41ClF2N6O6S. The highest BCUT2D eigenvalue weighted by molar-refractivity contribution is 7.89. The zero-order valence-corrected chi connectivity index (χ0v) is 28.7. The van der Waals surface area contributed by atoms with E-state index >= 15 is 8.78 Å². The summed E-state index contributed by atoms with van der Waals surface area (Å²) in [5, 5.41) is 2.61. The summed E-state index contributed by atoms with van der Waals surface area (Å²) >= 11 is 6.19. The van der Waals surface area contributed by atoms with Crippen molar-refractivity contribution in [2.24, 2.45) is 17.6 Å². The van der Waals surface area contributed by atoms with Gasteiger partial charge in [0, 0.05) is 62.2 Å². The van der Waals surface area contributed by atoms with E-state index in [1.807, 2.05) is 0 Å². The van der Waals surface area contributed by atoms with Crippen molar-refractivity contribution in [3.8, 4) is 0 Å². The second-order valence-corrected chi connectivity index (χ2v) is 15.9. The fourth-order valence-corrected chi connectivity index (χ4v) is 8.07. The molecular weight excluding hydrogens is 670 g/mol. The monoisotopic (exact) mass is 710 g/mol. The van der Waals surface area contributed by atoms with Crippen LogP contribution in [0.2, 0.25) is 5.15 Å². The van der Waals surface area contributed by atoms with Crippen LogP contribution in [0.1, 0.15) is 58.4 Å². The number of hydrogen-bond donors (Lipinski definition) is 2. The molecule has 0 bridgehead atoms. The molecule has 3 amide bonds. The van der Waals surface area contributed by atoms with Crippen LogP contribution in [0, 0.1) is 11.8 Å². The quantitative estimate of drug-likeness (QED) is 0.385. The van der Waals surface area contributed by atoms with Crippen LogP contribution in [-0.2, 0) is 30.3 Å². The normalized spacial score (nSPS) is 22.9. The van der Waals surface area contributed by atoms with Crippen LogP contribution in [0.3, 0.4) is 0 Å². The number of carbonyl (C=O) groups excluding carboxylic acids is 3. The Morgan fingerprint density at radius 1 is 1.02 bits per heavy atom. The Labute approximate surface area is 284 Å². The molecule has 3 heterocycles. The van der Waals surface area contributed by atoms with E-state index in [2.05, 4.69) is 10.3 Å². The van der Waals surface area contributed by atoms with Crippen molar-refractivity contribution in [3.05, 3.63) is 47.1 Å². The van der Waals surface area contributed by atoms with Crippen molar-refractivity contribution in [2.45, 2.75) is 75.3 Å². The standard InChI is InChI=1S/C32H41ClF2N6O6S/c1-31(2,3)47-30(44)37-23-18-28(42)41(19-23)24-8-10-25(11-9-24)48(45,46)40-14-12-39(13-15-40)27-17-22(16-26(33)38-27)32(34,35)21-6-4-20(5-7-21)29(36)43/h8-11,16-17,20-21,23H,4-7,12-15,18-19H2,1-3H3,(H2,36,43)(H,37,44)/t20-,21-,23-/m1/s1. The predicted octanol–water partition coefficient (Wildman–Crippen LogP) is 4.26. The largest absolute Gasteiger partial charge is 0.444 e. The van der Waals surface area contributed by atoms with E-state index in [1.165, 1.54) is 27.4 Å². The van der Waals surface area contributed by atoms with Gasteiger partial charge in [-0.3, -0.25) is 9.59 Å². The Hall–Kier alpha value is -3.56. The van der Waals surface area contributed by atoms with Gasteiger partial charge in [-0.2, -0.15) is 4.31 Å². The number of benzene rings is 1. The van der Waals surface area contributed by atoms with Crippen LogP contribution >= 0.6 is 11.6 Å². The summed E-state index contributed by atoms with van der Waals surface area (Å²) in [6, 6.07) is 7.98. The Kier molecular flexibility index (Phi) is 10.2. The average Bonchev–Trinajstić information content (AvgIpc) is 3.39. The number of pyridine rings is 1. The molecule has 48 heavy (non-hydrogen) atoms. The molecule has 1 aromatic heterocycles. The van der Waals surface area contributed by atoms with E-state index in [-0.39, 0.29) is 79.3 Å². The van der Waals surface area contributed by atoms with Gasteiger partial charge in [0.05, 0.1) is 10.9 Å². The van der Waals surface area contributed by atoms with Crippen LogP contribution in [-0.4, -0.2) is 80.0 Å². The predicted molar refractivity (Wildman–Crippen MR) is 175 cm³/mol. The van der Waals surface area contributed by atoms with Gasteiger partial charge in [0.25, 0.3) is 5.92 Å². The third-order valence-corrected chi connectivity index (χ3v) is 11.1. The Balaban J connectivity index is 1.20. The van der Waals surface area contributed by atoms with Gasteiger partial charge >= 0.3 is 6.09 Å². The summed E-state index contributed by atoms with van der Waals surface area (Å²) < 4.78 is 64.8. The van der Waals surface area contributed by atoms with Crippen molar-refractivity contribution >= 4 is 51.0 Å². The third-order valence-electron chi connectivity index (χ3n) is 9.00. The Morgan fingerprint density at radius 2 is 1.65 bits per heavy atom. The number of piperazine rings is 1. The minimum Gasteiger partial charge on any atom is -0.444 e. The van der Waals surface area contributed by atoms with E-state index in [0.29, 0.717) is 18.5 Å². The molecule has 2 aliphatic heterocycles. The van der Waals surface area contributed by atoms with Crippen LogP contribution in [0.25, 0.3) is 0 Å². The number of amides is 3. The van der Waals surface area contributed by atoms with Crippen LogP contribution < -0.4 is 20.9 Å². The maximum absolute atomic E-state index is 15.6. The summed E-state index contributed by atoms with van der Waals surface area (Å²) in [5.74, 6) is -5.00. The van der Waals surface area contributed by atoms with Crippen molar-refractivity contribution < 1.29 is 36.3 Å². The first-order chi connectivity index (χ1) is 22.4. The van der Waals surface area contributed by atoms with Gasteiger partial charge in [0.1, 0.15) is 16.6 Å². The number of alkyl halides is 2. The minimum atomic E-state index is -3.90. The van der Waals surface area contributed by atoms with E-state index in [9.17, 15) is 22.8 Å². The summed E-state index contributed by atoms with van der Waals surface area (Å²) in [4.78, 5) is 43.8. The lowest BCUT2D eigenvalue weighted by Gasteiger charge is -2.36. The van der Waals surface area contributed by atoms with Gasteiger partial charge in [0.2, 0.25) is 21.8 Å². The lowest BCUT2D eigenvalue weighted by molar-refractivity contribution is -0.126. The summed E-state index contributed by atoms with van der Waals surface area (Å²) in [7, 11) is -3.90. The number of primary amides is 1. The number of halogens is 3. The maximum Gasteiger partial charge on any atom is 0.407 e. The second kappa shape index (κ2) is 13.7. The zero-order valence-electron chi connectivity index (χ0n) is 27.1. The van der Waals surface area contributed by atoms with Gasteiger partial charge in [-0.25, -0.2) is 27.0 Å². The maximum atomic E-state index is 15.6. The lowest BCUT2D eigenvalue weighted by atomic mass is 9.77. The van der Waals surface area contributed by atoms with Crippen LogP contribution in [0.5, 0.6) is 0 Å². The van der Waals surface area contributed by atoms with Crippen LogP contribution in [0.4, 0.5) is 25.1 Å². The molecule has 0 spiro atoms. The molecule has 262 valence electrons. The Bertz CT molecular complexity index is 1640. The molecule has 0 unspecified atom stereocenters. The van der Waals surface area contributed by atoms with E-state index in [4.69, 9.17) is 22.1 Å². The number of ether oxygens (including phenoxy) is 1. The number of alkyl carbamates (subject to hydrolysis) is 1. The number of nitrogens with two attached hydrogens (primary N) is 1. The number of nitrogens with one attached hydrogen (secondary N) is 1. The highest BCUT2D eigenvalue weighted by atomic mass is 35.5. The summed E-state index contributed by atoms with van der Waals surface area (Å²) in [5.41, 5.74) is 4.92. The van der Waals surface area contributed by atoms with Crippen molar-refractivity contribution in [1.82, 2.24) is 14.6 Å². The average molecular weight is 711 g/mol. The van der Waals surface area contributed by atoms with Gasteiger partial charge in [-0.1, -0.05) is 11.6 Å². The molecule has 1 aromatic carbocycles. The summed E-state index contributed by atoms with van der Waals surface area (Å²) in [6.07, 6.45) is 0.409. The molecule has 2 aromatic rings. The fraction of sp³-hybridized carbons (Fsp3) is 0.562. The third kappa shape index (κ3) is 8.00. The SMILES string of the molecule is CC(C)(C)OC(=O)N[C@@H]1CC(=O)N(c2ccc(S(=O)(=O)N3CCN(c4cc(C(F)(F)[C@H]5CC[C@H](C(N)=O)CC5)cc(Cl)n4)CC3)cc2)C1. The molecule has 3 fully saturated rings. The van der Waals surface area contributed by atoms with Crippen molar-refractivity contribution in [2.75, 3.05) is 42.5 Å². The molecule has 1 saturated carbocycles. The van der Waals surface area contributed by atoms with E-state index < -0.39 is 51.4 Å². The highest BCUT2D eigenvalue weighted by Crippen LogP contribution is 2.46. The number of hydrogen-bond acceptors (Lipinski definition) is 8. The zero-order chi connectivity index (χ0) is 35.0. The molecule has 3 N–H and O–H groups in total. The molecule has 2 saturated heterocycles. The highest BCUT2D eigenvalue weighted by Gasteiger charge is 2.44. The lowest BCUT2D eigenvalue weighted by Crippen LogP contribution is -2.49. The first-order valence-corrected chi connectivity index (χ1v) is 17.8. The van der Waals surface area contributed by atoms with E-state index in [0.717, 1.165) is 6.07 Å². The molecule has 12 nitrogen and oxygen atoms in total. The molecule has 1 aliphatic carbocycles. The Morgan fingerprint density at radius 3 is 2.23 bits per heavy atom. The molecule has 16 heteroatoms. The molecule has 1 atom stereocenters. The fourth-order valence-electron chi connectivity index (χ4n) is 6.45. The number of rotatable bonds is 8. The number of anilines is 2. The number of carbonyl (C=O) groups is 3. The number of aromatic nitrogens is 1. The minimum absolute atomic E-state index is 0.0450. The van der Waals surface area contributed by atoms with Gasteiger partial charge in [-0.15, -0.1) is 0 Å². The first kappa shape index (κ1) is 35.7. The van der Waals surface area contributed by atoms with Gasteiger partial charge in [-0.05, 0) is 82.9 Å². The van der Waals surface area contributed by atoms with E-state index in [1.54, 1.807) is 37.8 Å². The van der Waals surface area contributed by atoms with Crippen molar-refractivity contribution in [1.29, 1.82) is 0 Å². The number of nitrogens with zero attached hydrogens (tertiary/aromatic N) is 4. The topological polar surface area (TPSA) is 155 Å². The summed E-state index contributed by atoms with van der Waals surface area (Å²) in [6.45, 7) is 6.02. The van der Waals surface area contributed by atoms with Crippen LogP contribution in [0.15, 0.2) is 41.3 Å². The van der Waals surface area contributed by atoms with Gasteiger partial charge in [0.15, 0.2) is 0 Å². The first-order valence-electron chi connectivity index (χ1n) is 15.9. The molecule has 3 aliphatic rings. The van der Waals surface area contributed by atoms with Gasteiger partial charge < -0.3 is 25.6 Å². The number of sulfonamides is 1. The molecule has 5 rings (SSSR count). The molecule has 0 radical (unpaired) electrons. The van der Waals surface area contributed by atoms with Crippen molar-refractivity contribution in [3.63, 3.8) is 0 Å². The second-order valence-electron chi connectivity index (χ2n) is 13.5.